The third kappa shape index (κ3) is 5.34. The Bertz CT molecular complexity index is 1440. The maximum atomic E-state index is 6.23. The molecule has 0 amide bonds. The highest BCUT2D eigenvalue weighted by atomic mass is 16.7. The fraction of sp³-hybridized carbons (Fsp3) is 0.294. The molecule has 2 heterocycles. The van der Waals surface area contributed by atoms with Gasteiger partial charge >= 0.3 is 7.12 Å². The first-order chi connectivity index (χ1) is 18.8. The maximum Gasteiger partial charge on any atom is 0.494 e. The van der Waals surface area contributed by atoms with E-state index in [2.05, 4.69) is 113 Å². The van der Waals surface area contributed by atoms with Crippen molar-refractivity contribution in [2.75, 3.05) is 0 Å². The van der Waals surface area contributed by atoms with Crippen LogP contribution in [-0.2, 0) is 15.7 Å². The molecule has 1 saturated heterocycles. The second-order valence-corrected chi connectivity index (χ2v) is 10.9. The van der Waals surface area contributed by atoms with Gasteiger partial charge in [-0.3, -0.25) is 0 Å². The maximum absolute atomic E-state index is 6.23. The number of allylic oxidation sites excluding steroid dienone is 1. The lowest BCUT2D eigenvalue weighted by Gasteiger charge is -2.32. The lowest BCUT2D eigenvalue weighted by Crippen LogP contribution is -2.41. The van der Waals surface area contributed by atoms with Gasteiger partial charge in [0.15, 0.2) is 5.82 Å². The Morgan fingerprint density at radius 2 is 1.23 bits per heavy atom. The third-order valence-electron chi connectivity index (χ3n) is 7.82. The summed E-state index contributed by atoms with van der Waals surface area (Å²) in [5.74, 6) is 0.747. The standard InChI is InChI=1S/C32H31BN2O2.C2H6/c1-31(2)32(3,4)37-33(36-31)26-20-18-25(19-21-26)30-34-28-13-9-8-12-27(28)29(35-30)24-16-14-23(15-17-24)22-10-6-5-7-11-22;1-2/h5-8,10-12,14-21H,9,13H2,1-4H3;1-2H3. The van der Waals surface area contributed by atoms with Crippen LogP contribution in [-0.4, -0.2) is 28.3 Å². The molecule has 4 aromatic rings. The minimum atomic E-state index is -0.382. The summed E-state index contributed by atoms with van der Waals surface area (Å²) in [4.78, 5) is 10.1. The molecule has 5 heteroatoms. The monoisotopic (exact) mass is 516 g/mol. The van der Waals surface area contributed by atoms with E-state index in [4.69, 9.17) is 19.3 Å². The Labute approximate surface area is 233 Å². The van der Waals surface area contributed by atoms with E-state index >= 15 is 0 Å². The number of aromatic nitrogens is 2. The van der Waals surface area contributed by atoms with E-state index in [9.17, 15) is 0 Å². The zero-order valence-electron chi connectivity index (χ0n) is 23.9. The molecule has 1 aromatic heterocycles. The summed E-state index contributed by atoms with van der Waals surface area (Å²) in [5, 5.41) is 0. The van der Waals surface area contributed by atoms with Crippen LogP contribution in [0.2, 0.25) is 0 Å². The topological polar surface area (TPSA) is 44.2 Å². The van der Waals surface area contributed by atoms with E-state index in [1.165, 1.54) is 11.1 Å². The Balaban J connectivity index is 0.00000151. The molecule has 3 aromatic carbocycles. The van der Waals surface area contributed by atoms with Gasteiger partial charge in [-0.1, -0.05) is 105 Å². The molecule has 6 rings (SSSR count). The number of hydrogen-bond acceptors (Lipinski definition) is 4. The van der Waals surface area contributed by atoms with E-state index in [1.807, 2.05) is 19.9 Å². The molecular weight excluding hydrogens is 479 g/mol. The Morgan fingerprint density at radius 3 is 1.87 bits per heavy atom. The van der Waals surface area contributed by atoms with E-state index in [1.54, 1.807) is 0 Å². The van der Waals surface area contributed by atoms with Crippen molar-refractivity contribution < 1.29 is 9.31 Å². The molecule has 1 fully saturated rings. The Kier molecular flexibility index (Phi) is 7.57. The molecule has 0 N–H and O–H groups in total. The van der Waals surface area contributed by atoms with Gasteiger partial charge < -0.3 is 9.31 Å². The molecule has 0 unspecified atom stereocenters. The van der Waals surface area contributed by atoms with Crippen LogP contribution in [0.5, 0.6) is 0 Å². The van der Waals surface area contributed by atoms with Crippen molar-refractivity contribution in [3.63, 3.8) is 0 Å². The van der Waals surface area contributed by atoms with Crippen LogP contribution in [0.4, 0.5) is 0 Å². The summed E-state index contributed by atoms with van der Waals surface area (Å²) < 4.78 is 12.5. The van der Waals surface area contributed by atoms with Gasteiger partial charge in [-0.15, -0.1) is 0 Å². The van der Waals surface area contributed by atoms with Gasteiger partial charge in [-0.2, -0.15) is 0 Å². The molecule has 0 spiro atoms. The number of benzene rings is 3. The summed E-state index contributed by atoms with van der Waals surface area (Å²) >= 11 is 0. The van der Waals surface area contributed by atoms with Gasteiger partial charge in [0.1, 0.15) is 0 Å². The van der Waals surface area contributed by atoms with Crippen molar-refractivity contribution in [3.05, 3.63) is 96.2 Å². The van der Waals surface area contributed by atoms with Crippen molar-refractivity contribution in [1.29, 1.82) is 0 Å². The molecule has 1 aliphatic carbocycles. The Hall–Kier alpha value is -3.54. The van der Waals surface area contributed by atoms with Crippen LogP contribution < -0.4 is 5.46 Å². The first-order valence-corrected chi connectivity index (χ1v) is 14.0. The van der Waals surface area contributed by atoms with Gasteiger partial charge in [0, 0.05) is 16.7 Å². The van der Waals surface area contributed by atoms with E-state index in [0.29, 0.717) is 0 Å². The van der Waals surface area contributed by atoms with Crippen LogP contribution in [0, 0.1) is 0 Å². The number of hydrogen-bond donors (Lipinski definition) is 0. The molecule has 1 aliphatic heterocycles. The van der Waals surface area contributed by atoms with Crippen molar-refractivity contribution >= 4 is 18.7 Å². The summed E-state index contributed by atoms with van der Waals surface area (Å²) in [6, 6.07) is 27.4. The molecule has 0 atom stereocenters. The molecule has 198 valence electrons. The number of fused-ring (bicyclic) bond motifs is 1. The molecule has 0 radical (unpaired) electrons. The second kappa shape index (κ2) is 10.9. The van der Waals surface area contributed by atoms with E-state index < -0.39 is 0 Å². The SMILES string of the molecule is CC.CC1(C)OB(c2ccc(-c3nc4c(c(-c5ccc(-c6ccccc6)cc5)n3)C=CCC4)cc2)OC1(C)C. The second-order valence-electron chi connectivity index (χ2n) is 10.9. The minimum Gasteiger partial charge on any atom is -0.399 e. The highest BCUT2D eigenvalue weighted by molar-refractivity contribution is 6.62. The van der Waals surface area contributed by atoms with Gasteiger partial charge in [-0.25, -0.2) is 9.97 Å². The molecule has 0 saturated carbocycles. The van der Waals surface area contributed by atoms with Crippen LogP contribution in [0.25, 0.3) is 39.8 Å². The third-order valence-corrected chi connectivity index (χ3v) is 7.82. The molecule has 4 nitrogen and oxygen atoms in total. The largest absolute Gasteiger partial charge is 0.494 e. The minimum absolute atomic E-state index is 0.365. The quantitative estimate of drug-likeness (QED) is 0.260. The first-order valence-electron chi connectivity index (χ1n) is 14.0. The fourth-order valence-electron chi connectivity index (χ4n) is 4.87. The van der Waals surface area contributed by atoms with Crippen molar-refractivity contribution in [1.82, 2.24) is 9.97 Å². The predicted molar refractivity (Wildman–Crippen MR) is 163 cm³/mol. The number of aryl methyl sites for hydroxylation is 1. The highest BCUT2D eigenvalue weighted by Crippen LogP contribution is 2.37. The number of rotatable bonds is 4. The normalized spacial score (nSPS) is 16.8. The van der Waals surface area contributed by atoms with Crippen molar-refractivity contribution in [2.45, 2.75) is 65.6 Å². The van der Waals surface area contributed by atoms with Gasteiger partial charge in [0.05, 0.1) is 22.6 Å². The molecule has 2 aliphatic rings. The predicted octanol–water partition coefficient (Wildman–Crippen LogP) is 7.76. The first kappa shape index (κ1) is 27.0. The number of nitrogens with zero attached hydrogens (tertiary/aromatic N) is 2. The highest BCUT2D eigenvalue weighted by Gasteiger charge is 2.51. The lowest BCUT2D eigenvalue weighted by atomic mass is 9.79. The summed E-state index contributed by atoms with van der Waals surface area (Å²) in [7, 11) is -0.382. The zero-order chi connectivity index (χ0) is 27.6. The zero-order valence-corrected chi connectivity index (χ0v) is 23.9. The summed E-state index contributed by atoms with van der Waals surface area (Å²) in [6.07, 6.45) is 6.30. The van der Waals surface area contributed by atoms with Gasteiger partial charge in [0.25, 0.3) is 0 Å². The van der Waals surface area contributed by atoms with E-state index in [0.717, 1.165) is 52.2 Å². The lowest BCUT2D eigenvalue weighted by molar-refractivity contribution is 0.00578. The van der Waals surface area contributed by atoms with Crippen LogP contribution >= 0.6 is 0 Å². The smallest absolute Gasteiger partial charge is 0.399 e. The van der Waals surface area contributed by atoms with Crippen LogP contribution in [0.1, 0.15) is 59.2 Å². The average Bonchev–Trinajstić information content (AvgIpc) is 3.20. The van der Waals surface area contributed by atoms with Crippen molar-refractivity contribution in [2.24, 2.45) is 0 Å². The van der Waals surface area contributed by atoms with Gasteiger partial charge in [-0.05, 0) is 57.1 Å². The summed E-state index contributed by atoms with van der Waals surface area (Å²) in [5.41, 5.74) is 7.96. The van der Waals surface area contributed by atoms with Crippen molar-refractivity contribution in [3.8, 4) is 33.8 Å². The summed E-state index contributed by atoms with van der Waals surface area (Å²) in [6.45, 7) is 12.3. The average molecular weight is 516 g/mol. The molecule has 0 bridgehead atoms. The van der Waals surface area contributed by atoms with Crippen LogP contribution in [0.15, 0.2) is 84.9 Å². The fourth-order valence-corrected chi connectivity index (χ4v) is 4.87. The molecular formula is C34H37BN2O2. The van der Waals surface area contributed by atoms with E-state index in [-0.39, 0.29) is 18.3 Å². The van der Waals surface area contributed by atoms with Gasteiger partial charge in [0.2, 0.25) is 0 Å². The Morgan fingerprint density at radius 1 is 0.667 bits per heavy atom. The van der Waals surface area contributed by atoms with Crippen LogP contribution in [0.3, 0.4) is 0 Å². The molecule has 39 heavy (non-hydrogen) atoms.